The van der Waals surface area contributed by atoms with Crippen LogP contribution in [-0.2, 0) is 20.7 Å². The third-order valence-electron chi connectivity index (χ3n) is 5.81. The maximum absolute atomic E-state index is 13.3. The van der Waals surface area contributed by atoms with Crippen LogP contribution in [-0.4, -0.2) is 39.8 Å². The zero-order valence-corrected chi connectivity index (χ0v) is 18.1. The van der Waals surface area contributed by atoms with Gasteiger partial charge in [-0.2, -0.15) is 0 Å². The number of hydrogen-bond acceptors (Lipinski definition) is 6. The summed E-state index contributed by atoms with van der Waals surface area (Å²) in [4.78, 5) is 27.6. The first-order valence-corrected chi connectivity index (χ1v) is 10.1. The molecule has 0 saturated heterocycles. The molecule has 162 valence electrons. The molecule has 7 heteroatoms. The molecular formula is C24H25NO6. The molecule has 0 spiro atoms. The largest absolute Gasteiger partial charge is 0.493 e. The summed E-state index contributed by atoms with van der Waals surface area (Å²) < 4.78 is 21.7. The lowest BCUT2D eigenvalue weighted by molar-refractivity contribution is -0.136. The highest BCUT2D eigenvalue weighted by Crippen LogP contribution is 2.46. The molecule has 1 amide bonds. The minimum absolute atomic E-state index is 0.0658. The van der Waals surface area contributed by atoms with Crippen LogP contribution in [0.2, 0.25) is 0 Å². The van der Waals surface area contributed by atoms with Crippen LogP contribution < -0.4 is 19.1 Å². The third kappa shape index (κ3) is 3.50. The second kappa shape index (κ2) is 8.34. The topological polar surface area (TPSA) is 74.3 Å². The summed E-state index contributed by atoms with van der Waals surface area (Å²) in [5, 5.41) is 0. The van der Waals surface area contributed by atoms with Crippen molar-refractivity contribution in [2.45, 2.75) is 25.7 Å². The Bertz CT molecular complexity index is 1030. The summed E-state index contributed by atoms with van der Waals surface area (Å²) in [6.07, 6.45) is 1.04. The Labute approximate surface area is 181 Å². The van der Waals surface area contributed by atoms with Crippen molar-refractivity contribution in [3.05, 3.63) is 58.8 Å². The van der Waals surface area contributed by atoms with Crippen LogP contribution in [0.4, 0.5) is 5.69 Å². The minimum atomic E-state index is -0.461. The normalized spacial score (nSPS) is 18.1. The molecule has 31 heavy (non-hydrogen) atoms. The predicted molar refractivity (Wildman–Crippen MR) is 115 cm³/mol. The molecule has 0 aliphatic carbocycles. The van der Waals surface area contributed by atoms with Crippen LogP contribution in [0.1, 0.15) is 30.4 Å². The second-order valence-corrected chi connectivity index (χ2v) is 7.40. The monoisotopic (exact) mass is 423 g/mol. The molecule has 2 aromatic carbocycles. The van der Waals surface area contributed by atoms with E-state index in [1.807, 2.05) is 24.3 Å². The van der Waals surface area contributed by atoms with E-state index in [0.717, 1.165) is 17.7 Å². The highest BCUT2D eigenvalue weighted by atomic mass is 16.5. The number of ether oxygens (including phenoxy) is 4. The van der Waals surface area contributed by atoms with Crippen molar-refractivity contribution in [2.75, 3.05) is 32.8 Å². The van der Waals surface area contributed by atoms with Crippen LogP contribution in [0.25, 0.3) is 0 Å². The van der Waals surface area contributed by atoms with E-state index in [-0.39, 0.29) is 18.9 Å². The Balaban J connectivity index is 1.82. The summed E-state index contributed by atoms with van der Waals surface area (Å²) >= 11 is 0. The van der Waals surface area contributed by atoms with E-state index in [2.05, 4.69) is 6.92 Å². The Morgan fingerprint density at radius 2 is 1.65 bits per heavy atom. The average Bonchev–Trinajstić information content (AvgIpc) is 3.18. The van der Waals surface area contributed by atoms with Crippen molar-refractivity contribution in [3.8, 4) is 17.2 Å². The van der Waals surface area contributed by atoms with Gasteiger partial charge in [-0.3, -0.25) is 9.69 Å². The summed E-state index contributed by atoms with van der Waals surface area (Å²) in [6.45, 7) is 2.14. The van der Waals surface area contributed by atoms with E-state index in [1.54, 1.807) is 17.0 Å². The maximum atomic E-state index is 13.3. The number of aryl methyl sites for hydroxylation is 1. The molecular weight excluding hydrogens is 398 g/mol. The van der Waals surface area contributed by atoms with Crippen molar-refractivity contribution >= 4 is 17.6 Å². The lowest BCUT2D eigenvalue weighted by atomic mass is 9.83. The molecule has 4 rings (SSSR count). The minimum Gasteiger partial charge on any atom is -0.493 e. The second-order valence-electron chi connectivity index (χ2n) is 7.40. The number of anilines is 1. The van der Waals surface area contributed by atoms with Gasteiger partial charge in [-0.25, -0.2) is 4.79 Å². The fourth-order valence-electron chi connectivity index (χ4n) is 4.22. The average molecular weight is 423 g/mol. The number of methoxy groups -OCH3 is 3. The van der Waals surface area contributed by atoms with Gasteiger partial charge in [0, 0.05) is 18.0 Å². The van der Waals surface area contributed by atoms with Gasteiger partial charge in [0.25, 0.3) is 0 Å². The van der Waals surface area contributed by atoms with E-state index in [1.165, 1.54) is 26.9 Å². The first kappa shape index (κ1) is 20.8. The van der Waals surface area contributed by atoms with Gasteiger partial charge < -0.3 is 18.9 Å². The molecule has 0 radical (unpaired) electrons. The van der Waals surface area contributed by atoms with Crippen LogP contribution in [0.5, 0.6) is 17.2 Å². The van der Waals surface area contributed by atoms with E-state index in [9.17, 15) is 9.59 Å². The number of carbonyl (C=O) groups is 2. The number of hydrogen-bond donors (Lipinski definition) is 0. The fraction of sp³-hybridized carbons (Fsp3) is 0.333. The molecule has 0 aromatic heterocycles. The number of nitrogens with zero attached hydrogens (tertiary/aromatic N) is 1. The number of benzene rings is 2. The van der Waals surface area contributed by atoms with E-state index >= 15 is 0 Å². The number of cyclic esters (lactones) is 1. The van der Waals surface area contributed by atoms with Crippen molar-refractivity contribution in [3.63, 3.8) is 0 Å². The molecule has 0 fully saturated rings. The van der Waals surface area contributed by atoms with Gasteiger partial charge in [0.1, 0.15) is 6.61 Å². The van der Waals surface area contributed by atoms with Crippen LogP contribution >= 0.6 is 0 Å². The zero-order chi connectivity index (χ0) is 22.1. The number of amides is 1. The Hall–Kier alpha value is -3.48. The molecule has 0 N–H and O–H groups in total. The highest BCUT2D eigenvalue weighted by molar-refractivity contribution is 6.06. The molecule has 2 aliphatic rings. The van der Waals surface area contributed by atoms with Gasteiger partial charge in [-0.05, 0) is 41.8 Å². The van der Waals surface area contributed by atoms with Gasteiger partial charge >= 0.3 is 5.97 Å². The number of rotatable bonds is 6. The smallest absolute Gasteiger partial charge is 0.336 e. The Morgan fingerprint density at radius 3 is 2.19 bits per heavy atom. The summed E-state index contributed by atoms with van der Waals surface area (Å²) in [5.74, 6) is 0.427. The molecule has 2 aromatic rings. The molecule has 1 unspecified atom stereocenters. The Kier molecular flexibility index (Phi) is 5.59. The van der Waals surface area contributed by atoms with Crippen molar-refractivity contribution in [1.82, 2.24) is 0 Å². The maximum Gasteiger partial charge on any atom is 0.336 e. The van der Waals surface area contributed by atoms with Gasteiger partial charge in [-0.1, -0.05) is 19.1 Å². The van der Waals surface area contributed by atoms with Crippen molar-refractivity contribution < 1.29 is 28.5 Å². The first-order chi connectivity index (χ1) is 15.0. The van der Waals surface area contributed by atoms with Crippen molar-refractivity contribution in [1.29, 1.82) is 0 Å². The number of carbonyl (C=O) groups excluding carboxylic acids is 2. The van der Waals surface area contributed by atoms with E-state index < -0.39 is 11.9 Å². The van der Waals surface area contributed by atoms with Crippen molar-refractivity contribution in [2.24, 2.45) is 0 Å². The van der Waals surface area contributed by atoms with E-state index in [0.29, 0.717) is 28.5 Å². The molecule has 2 heterocycles. The fourth-order valence-corrected chi connectivity index (χ4v) is 4.22. The molecule has 0 saturated carbocycles. The lowest BCUT2D eigenvalue weighted by Gasteiger charge is -2.32. The zero-order valence-electron chi connectivity index (χ0n) is 18.1. The summed E-state index contributed by atoms with van der Waals surface area (Å²) in [7, 11) is 4.59. The standard InChI is InChI=1S/C24H25NO6/c1-5-14-6-8-16(9-7-14)25-18-13-31-24(27)22(18)17(12-21(25)26)15-10-19(28-2)23(30-4)20(11-15)29-3/h6-11,17H,5,12-13H2,1-4H3. The van der Waals surface area contributed by atoms with Gasteiger partial charge in [0.2, 0.25) is 11.7 Å². The summed E-state index contributed by atoms with van der Waals surface area (Å²) in [5.41, 5.74) is 3.72. The highest BCUT2D eigenvalue weighted by Gasteiger charge is 2.43. The Morgan fingerprint density at radius 1 is 1.00 bits per heavy atom. The van der Waals surface area contributed by atoms with Crippen LogP contribution in [0.15, 0.2) is 47.7 Å². The summed E-state index contributed by atoms with van der Waals surface area (Å²) in [6, 6.07) is 11.4. The predicted octanol–water partition coefficient (Wildman–Crippen LogP) is 3.61. The lowest BCUT2D eigenvalue weighted by Crippen LogP contribution is -2.37. The quantitative estimate of drug-likeness (QED) is 0.661. The van der Waals surface area contributed by atoms with Gasteiger partial charge in [0.15, 0.2) is 11.5 Å². The number of esters is 1. The SMILES string of the molecule is CCc1ccc(N2C(=O)CC(c3cc(OC)c(OC)c(OC)c3)C3=C2COC3=O)cc1. The van der Waals surface area contributed by atoms with Crippen LogP contribution in [0, 0.1) is 0 Å². The van der Waals surface area contributed by atoms with E-state index in [4.69, 9.17) is 18.9 Å². The molecule has 7 nitrogen and oxygen atoms in total. The molecule has 0 bridgehead atoms. The van der Waals surface area contributed by atoms with Crippen LogP contribution in [0.3, 0.4) is 0 Å². The molecule has 2 aliphatic heterocycles. The van der Waals surface area contributed by atoms with Gasteiger partial charge in [0.05, 0.1) is 32.6 Å². The van der Waals surface area contributed by atoms with Gasteiger partial charge in [-0.15, -0.1) is 0 Å². The third-order valence-corrected chi connectivity index (χ3v) is 5.81. The first-order valence-electron chi connectivity index (χ1n) is 10.1. The molecule has 1 atom stereocenters.